The molecule has 0 radical (unpaired) electrons. The van der Waals surface area contributed by atoms with Crippen LogP contribution in [0.25, 0.3) is 0 Å². The Morgan fingerprint density at radius 3 is 2.43 bits per heavy atom. The van der Waals surface area contributed by atoms with E-state index in [2.05, 4.69) is 20.1 Å². The van der Waals surface area contributed by atoms with Crippen LogP contribution in [0.5, 0.6) is 5.75 Å². The van der Waals surface area contributed by atoms with E-state index in [1.54, 1.807) is 7.05 Å². The van der Waals surface area contributed by atoms with E-state index in [1.807, 2.05) is 26.7 Å². The molecule has 0 aliphatic heterocycles. The molecule has 1 unspecified atom stereocenters. The number of carbonyl (C=O) groups is 1. The lowest BCUT2D eigenvalue weighted by Gasteiger charge is -2.37. The molecule has 1 heterocycles. The molecule has 28 heavy (non-hydrogen) atoms. The zero-order chi connectivity index (χ0) is 21.3. The molecule has 0 bridgehead atoms. The van der Waals surface area contributed by atoms with Gasteiger partial charge in [-0.3, -0.25) is 9.69 Å². The van der Waals surface area contributed by atoms with E-state index in [9.17, 15) is 18.0 Å². The minimum Gasteiger partial charge on any atom is -0.404 e. The fraction of sp³-hybridized carbons (Fsp3) is 0.412. The van der Waals surface area contributed by atoms with Crippen molar-refractivity contribution in [2.75, 3.05) is 4.90 Å². The number of benzene rings is 1. The number of alkyl halides is 3. The highest BCUT2D eigenvalue weighted by molar-refractivity contribution is 6.32. The Bertz CT molecular complexity index is 915. The first-order chi connectivity index (χ1) is 12.8. The summed E-state index contributed by atoms with van der Waals surface area (Å²) in [6.45, 7) is 5.48. The summed E-state index contributed by atoms with van der Waals surface area (Å²) in [6, 6.07) is 2.64. The van der Waals surface area contributed by atoms with E-state index < -0.39 is 29.5 Å². The van der Waals surface area contributed by atoms with Gasteiger partial charge in [0, 0.05) is 5.69 Å². The summed E-state index contributed by atoms with van der Waals surface area (Å²) in [4.78, 5) is 15.0. The van der Waals surface area contributed by atoms with Crippen molar-refractivity contribution in [3.8, 4) is 18.1 Å². The van der Waals surface area contributed by atoms with Crippen molar-refractivity contribution in [2.24, 2.45) is 12.5 Å². The number of carbonyl (C=O) groups excluding carboxylic acids is 1. The fourth-order valence-electron chi connectivity index (χ4n) is 2.60. The average Bonchev–Trinajstić information content (AvgIpc) is 2.97. The Morgan fingerprint density at radius 2 is 2.00 bits per heavy atom. The summed E-state index contributed by atoms with van der Waals surface area (Å²) < 4.78 is 41.3. The van der Waals surface area contributed by atoms with Crippen LogP contribution in [0.3, 0.4) is 0 Å². The lowest BCUT2D eigenvalue weighted by Crippen LogP contribution is -2.41. The van der Waals surface area contributed by atoms with Gasteiger partial charge in [-0.15, -0.1) is 29.8 Å². The van der Waals surface area contributed by atoms with Crippen molar-refractivity contribution in [3.63, 3.8) is 0 Å². The van der Waals surface area contributed by atoms with Gasteiger partial charge in [0.05, 0.1) is 12.1 Å². The highest BCUT2D eigenvalue weighted by Gasteiger charge is 2.39. The van der Waals surface area contributed by atoms with Crippen LogP contribution in [0.15, 0.2) is 18.2 Å². The third-order valence-electron chi connectivity index (χ3n) is 3.61. The lowest BCUT2D eigenvalue weighted by molar-refractivity contribution is -0.274. The summed E-state index contributed by atoms with van der Waals surface area (Å²) in [5.74, 6) is 0.885. The zero-order valence-electron chi connectivity index (χ0n) is 15.5. The number of ether oxygens (including phenoxy) is 1. The molecule has 0 fully saturated rings. The average molecular weight is 416 g/mol. The molecular weight excluding hydrogens is 399 g/mol. The minimum atomic E-state index is -4.91. The van der Waals surface area contributed by atoms with Gasteiger partial charge in [0.2, 0.25) is 0 Å². The molecule has 1 amide bonds. The first-order valence-electron chi connectivity index (χ1n) is 7.92. The van der Waals surface area contributed by atoms with Gasteiger partial charge in [0.1, 0.15) is 11.8 Å². The van der Waals surface area contributed by atoms with E-state index >= 15 is 0 Å². The van der Waals surface area contributed by atoms with Crippen LogP contribution in [0.2, 0.25) is 5.02 Å². The molecular formula is C17H17ClF3N5O2. The predicted molar refractivity (Wildman–Crippen MR) is 95.4 cm³/mol. The molecule has 1 aromatic heterocycles. The van der Waals surface area contributed by atoms with Gasteiger partial charge in [-0.05, 0) is 34.7 Å². The highest BCUT2D eigenvalue weighted by Crippen LogP contribution is 2.41. The van der Waals surface area contributed by atoms with Crippen LogP contribution in [-0.4, -0.2) is 32.5 Å². The summed E-state index contributed by atoms with van der Waals surface area (Å²) in [7, 11) is 1.56. The summed E-state index contributed by atoms with van der Waals surface area (Å²) in [5.41, 5.74) is -0.446. The lowest BCUT2D eigenvalue weighted by atomic mass is 9.84. The molecule has 7 nitrogen and oxygen atoms in total. The van der Waals surface area contributed by atoms with Gasteiger partial charge < -0.3 is 4.74 Å². The molecule has 0 N–H and O–H groups in total. The molecule has 2 rings (SSSR count). The van der Waals surface area contributed by atoms with Crippen LogP contribution in [-0.2, 0) is 11.8 Å². The van der Waals surface area contributed by atoms with Crippen molar-refractivity contribution < 1.29 is 22.7 Å². The van der Waals surface area contributed by atoms with E-state index in [4.69, 9.17) is 18.0 Å². The van der Waals surface area contributed by atoms with Crippen molar-refractivity contribution in [3.05, 3.63) is 29.0 Å². The molecule has 11 heteroatoms. The topological polar surface area (TPSA) is 73.1 Å². The van der Waals surface area contributed by atoms with Gasteiger partial charge >= 0.3 is 12.3 Å². The van der Waals surface area contributed by atoms with E-state index in [0.29, 0.717) is 0 Å². The number of aryl methyl sites for hydroxylation is 1. The summed E-state index contributed by atoms with van der Waals surface area (Å²) in [6.07, 6.45) is 0.411. The number of nitrogens with zero attached hydrogens (tertiary/aromatic N) is 5. The summed E-state index contributed by atoms with van der Waals surface area (Å²) in [5, 5.41) is 11.6. The maximum Gasteiger partial charge on any atom is 0.573 e. The highest BCUT2D eigenvalue weighted by atomic mass is 35.5. The van der Waals surface area contributed by atoms with Crippen molar-refractivity contribution in [2.45, 2.75) is 33.2 Å². The Kier molecular flexibility index (Phi) is 5.89. The SMILES string of the molecule is C#CC(=O)N(c1ccc(OC(F)(F)F)c(Cl)c1)C(c1nnn(C)n1)C(C)(C)C. The van der Waals surface area contributed by atoms with Gasteiger partial charge in [-0.2, -0.15) is 4.80 Å². The number of aromatic nitrogens is 4. The first-order valence-corrected chi connectivity index (χ1v) is 8.30. The van der Waals surface area contributed by atoms with Crippen LogP contribution >= 0.6 is 11.6 Å². The first kappa shape index (κ1) is 21.5. The molecule has 1 aromatic carbocycles. The second kappa shape index (κ2) is 7.67. The molecule has 0 saturated heterocycles. The van der Waals surface area contributed by atoms with Gasteiger partial charge in [0.15, 0.2) is 5.82 Å². The van der Waals surface area contributed by atoms with E-state index in [-0.39, 0.29) is 16.5 Å². The number of anilines is 1. The van der Waals surface area contributed by atoms with Crippen molar-refractivity contribution >= 4 is 23.2 Å². The second-order valence-electron chi connectivity index (χ2n) is 6.89. The van der Waals surface area contributed by atoms with Crippen LogP contribution in [0, 0.1) is 17.8 Å². The van der Waals surface area contributed by atoms with Crippen LogP contribution in [0.4, 0.5) is 18.9 Å². The molecule has 0 saturated carbocycles. The molecule has 0 spiro atoms. The van der Waals surface area contributed by atoms with Crippen LogP contribution < -0.4 is 9.64 Å². The zero-order valence-corrected chi connectivity index (χ0v) is 16.2. The fourth-order valence-corrected chi connectivity index (χ4v) is 2.81. The molecule has 1 atom stereocenters. The molecule has 0 aliphatic carbocycles. The number of terminal acetylenes is 1. The number of tetrazole rings is 1. The number of halogens is 4. The maximum atomic E-state index is 12.6. The Balaban J connectivity index is 2.58. The van der Waals surface area contributed by atoms with Crippen LogP contribution in [0.1, 0.15) is 32.6 Å². The largest absolute Gasteiger partial charge is 0.573 e. The normalized spacial score (nSPS) is 13.0. The number of rotatable bonds is 4. The van der Waals surface area contributed by atoms with Crippen molar-refractivity contribution in [1.82, 2.24) is 20.2 Å². The third-order valence-corrected chi connectivity index (χ3v) is 3.90. The third kappa shape index (κ3) is 4.92. The number of amides is 1. The maximum absolute atomic E-state index is 12.6. The summed E-state index contributed by atoms with van der Waals surface area (Å²) >= 11 is 5.93. The number of hydrogen-bond donors (Lipinski definition) is 0. The minimum absolute atomic E-state index is 0.162. The van der Waals surface area contributed by atoms with E-state index in [0.717, 1.165) is 12.1 Å². The Hall–Kier alpha value is -2.80. The predicted octanol–water partition coefficient (Wildman–Crippen LogP) is 3.52. The Labute approximate surface area is 164 Å². The molecule has 0 aliphatic rings. The van der Waals surface area contributed by atoms with Gasteiger partial charge in [-0.25, -0.2) is 0 Å². The van der Waals surface area contributed by atoms with Gasteiger partial charge in [-0.1, -0.05) is 32.4 Å². The molecule has 150 valence electrons. The van der Waals surface area contributed by atoms with E-state index in [1.165, 1.54) is 15.8 Å². The smallest absolute Gasteiger partial charge is 0.404 e. The second-order valence-corrected chi connectivity index (χ2v) is 7.29. The van der Waals surface area contributed by atoms with Crippen molar-refractivity contribution in [1.29, 1.82) is 0 Å². The number of hydrogen-bond acceptors (Lipinski definition) is 5. The Morgan fingerprint density at radius 1 is 1.36 bits per heavy atom. The monoisotopic (exact) mass is 415 g/mol. The quantitative estimate of drug-likeness (QED) is 0.714. The standard InChI is InChI=1S/C17H17ClF3N5O2/c1-6-13(27)26(14(16(2,3)4)15-22-24-25(5)23-15)10-7-8-12(11(18)9-10)28-17(19,20)21/h1,7-9,14H,2-5H3. The van der Waals surface area contributed by atoms with Gasteiger partial charge in [0.25, 0.3) is 0 Å². The molecule has 2 aromatic rings.